The Morgan fingerprint density at radius 3 is 2.69 bits per heavy atom. The van der Waals surface area contributed by atoms with E-state index >= 15 is 0 Å². The number of allylic oxidation sites excluding steroid dienone is 1. The quantitative estimate of drug-likeness (QED) is 0.748. The number of hydrogen-bond acceptors (Lipinski definition) is 2. The molecular weight excluding hydrogens is 198 g/mol. The summed E-state index contributed by atoms with van der Waals surface area (Å²) >= 11 is 0. The number of nitrogens with zero attached hydrogens (tertiary/aromatic N) is 2. The van der Waals surface area contributed by atoms with Crippen LogP contribution in [0.25, 0.3) is 0 Å². The maximum Gasteiger partial charge on any atom is 0.0641 e. The van der Waals surface area contributed by atoms with Crippen LogP contribution >= 0.6 is 0 Å². The summed E-state index contributed by atoms with van der Waals surface area (Å²) in [4.78, 5) is 0. The minimum atomic E-state index is 0.684. The molecule has 0 aliphatic heterocycles. The zero-order valence-corrected chi connectivity index (χ0v) is 10.9. The largest absolute Gasteiger partial charge is 0.312 e. The number of aryl methyl sites for hydroxylation is 1. The Hall–Kier alpha value is -1.09. The van der Waals surface area contributed by atoms with Gasteiger partial charge in [0.25, 0.3) is 0 Å². The van der Waals surface area contributed by atoms with Gasteiger partial charge in [-0.3, -0.25) is 4.68 Å². The summed E-state index contributed by atoms with van der Waals surface area (Å²) in [6.07, 6.45) is 1.88. The third-order valence-corrected chi connectivity index (χ3v) is 2.69. The number of hydrogen-bond donors (Lipinski definition) is 1. The second-order valence-electron chi connectivity index (χ2n) is 4.64. The van der Waals surface area contributed by atoms with Crippen LogP contribution in [0.15, 0.2) is 12.7 Å². The van der Waals surface area contributed by atoms with Crippen LogP contribution in [0.5, 0.6) is 0 Å². The maximum absolute atomic E-state index is 4.50. The van der Waals surface area contributed by atoms with E-state index < -0.39 is 0 Å². The van der Waals surface area contributed by atoms with Gasteiger partial charge in [-0.15, -0.1) is 6.58 Å². The Morgan fingerprint density at radius 2 is 2.12 bits per heavy atom. The molecule has 90 valence electrons. The van der Waals surface area contributed by atoms with Crippen molar-refractivity contribution in [2.75, 3.05) is 6.54 Å². The third-order valence-electron chi connectivity index (χ3n) is 2.69. The Balaban J connectivity index is 2.68. The van der Waals surface area contributed by atoms with Gasteiger partial charge in [0.1, 0.15) is 0 Å². The minimum Gasteiger partial charge on any atom is -0.312 e. The lowest BCUT2D eigenvalue weighted by atomic mass is 10.2. The number of aromatic nitrogens is 2. The molecule has 3 heteroatoms. The van der Waals surface area contributed by atoms with Crippen LogP contribution in [0, 0.1) is 19.8 Å². The second-order valence-corrected chi connectivity index (χ2v) is 4.64. The van der Waals surface area contributed by atoms with Gasteiger partial charge in [0.2, 0.25) is 0 Å². The highest BCUT2D eigenvalue weighted by Gasteiger charge is 2.09. The molecule has 0 saturated carbocycles. The van der Waals surface area contributed by atoms with Crippen LogP contribution in [-0.4, -0.2) is 16.3 Å². The highest BCUT2D eigenvalue weighted by molar-refractivity contribution is 5.24. The molecule has 16 heavy (non-hydrogen) atoms. The van der Waals surface area contributed by atoms with Gasteiger partial charge in [-0.05, 0) is 26.3 Å². The van der Waals surface area contributed by atoms with E-state index in [1.54, 1.807) is 0 Å². The van der Waals surface area contributed by atoms with Crippen molar-refractivity contribution in [2.45, 2.75) is 40.8 Å². The monoisotopic (exact) mass is 221 g/mol. The molecule has 0 unspecified atom stereocenters. The molecule has 0 fully saturated rings. The Kier molecular flexibility index (Phi) is 4.74. The van der Waals surface area contributed by atoms with Crippen molar-refractivity contribution in [3.63, 3.8) is 0 Å². The molecule has 0 aliphatic rings. The molecule has 0 saturated heterocycles. The Bertz CT molecular complexity index is 350. The van der Waals surface area contributed by atoms with Crippen molar-refractivity contribution in [1.29, 1.82) is 0 Å². The number of nitrogens with one attached hydrogen (secondary N) is 1. The Morgan fingerprint density at radius 1 is 1.44 bits per heavy atom. The zero-order valence-electron chi connectivity index (χ0n) is 10.9. The topological polar surface area (TPSA) is 29.9 Å². The highest BCUT2D eigenvalue weighted by atomic mass is 15.3. The first-order valence-electron chi connectivity index (χ1n) is 5.90. The van der Waals surface area contributed by atoms with Crippen molar-refractivity contribution in [3.05, 3.63) is 29.6 Å². The fourth-order valence-corrected chi connectivity index (χ4v) is 1.78. The van der Waals surface area contributed by atoms with E-state index in [0.29, 0.717) is 5.92 Å². The minimum absolute atomic E-state index is 0.684. The normalized spacial score (nSPS) is 11.1. The molecule has 3 nitrogen and oxygen atoms in total. The molecule has 1 aromatic heterocycles. The fourth-order valence-electron chi connectivity index (χ4n) is 1.78. The van der Waals surface area contributed by atoms with Gasteiger partial charge in [-0.2, -0.15) is 5.10 Å². The van der Waals surface area contributed by atoms with Gasteiger partial charge in [0.15, 0.2) is 0 Å². The van der Waals surface area contributed by atoms with Gasteiger partial charge in [-0.25, -0.2) is 0 Å². The molecule has 1 N–H and O–H groups in total. The van der Waals surface area contributed by atoms with Crippen LogP contribution in [0.2, 0.25) is 0 Å². The van der Waals surface area contributed by atoms with Crippen LogP contribution in [-0.2, 0) is 13.1 Å². The van der Waals surface area contributed by atoms with E-state index in [-0.39, 0.29) is 0 Å². The lowest BCUT2D eigenvalue weighted by Crippen LogP contribution is -2.19. The molecule has 0 aromatic carbocycles. The van der Waals surface area contributed by atoms with E-state index in [1.165, 1.54) is 11.3 Å². The lowest BCUT2D eigenvalue weighted by molar-refractivity contribution is 0.550. The molecular formula is C13H23N3. The molecule has 0 radical (unpaired) electrons. The first-order chi connectivity index (χ1) is 7.56. The van der Waals surface area contributed by atoms with Crippen molar-refractivity contribution in [3.8, 4) is 0 Å². The Labute approximate surface area is 98.5 Å². The van der Waals surface area contributed by atoms with Crippen LogP contribution in [0.3, 0.4) is 0 Å². The highest BCUT2D eigenvalue weighted by Crippen LogP contribution is 2.12. The summed E-state index contributed by atoms with van der Waals surface area (Å²) in [5.41, 5.74) is 3.69. The molecule has 1 heterocycles. The van der Waals surface area contributed by atoms with Crippen LogP contribution < -0.4 is 5.32 Å². The van der Waals surface area contributed by atoms with E-state index in [2.05, 4.69) is 44.7 Å². The average molecular weight is 221 g/mol. The summed E-state index contributed by atoms with van der Waals surface area (Å²) in [6, 6.07) is 0. The summed E-state index contributed by atoms with van der Waals surface area (Å²) in [5, 5.41) is 7.96. The van der Waals surface area contributed by atoms with Crippen LogP contribution in [0.1, 0.15) is 30.8 Å². The maximum atomic E-state index is 4.50. The average Bonchev–Trinajstić information content (AvgIpc) is 2.45. The SMILES string of the molecule is C=CCn1nc(C)c(CNCC(C)C)c1C. The summed E-state index contributed by atoms with van der Waals surface area (Å²) in [7, 11) is 0. The second kappa shape index (κ2) is 5.85. The predicted octanol–water partition coefficient (Wildman–Crippen LogP) is 2.43. The standard InChI is InChI=1S/C13H23N3/c1-6-7-16-12(5)13(11(4)15-16)9-14-8-10(2)3/h6,10,14H,1,7-9H2,2-5H3. The first-order valence-corrected chi connectivity index (χ1v) is 5.90. The molecule has 0 aliphatic carbocycles. The van der Waals surface area contributed by atoms with E-state index in [1.807, 2.05) is 10.8 Å². The lowest BCUT2D eigenvalue weighted by Gasteiger charge is -2.07. The summed E-state index contributed by atoms with van der Waals surface area (Å²) in [6.45, 7) is 15.1. The molecule has 0 atom stereocenters. The van der Waals surface area contributed by atoms with Gasteiger partial charge in [-0.1, -0.05) is 19.9 Å². The van der Waals surface area contributed by atoms with Gasteiger partial charge < -0.3 is 5.32 Å². The van der Waals surface area contributed by atoms with Crippen molar-refractivity contribution in [1.82, 2.24) is 15.1 Å². The number of rotatable bonds is 6. The summed E-state index contributed by atoms with van der Waals surface area (Å²) < 4.78 is 2.01. The van der Waals surface area contributed by atoms with E-state index in [9.17, 15) is 0 Å². The zero-order chi connectivity index (χ0) is 12.1. The van der Waals surface area contributed by atoms with Crippen molar-refractivity contribution >= 4 is 0 Å². The van der Waals surface area contributed by atoms with Gasteiger partial charge in [0.05, 0.1) is 12.2 Å². The van der Waals surface area contributed by atoms with Crippen molar-refractivity contribution < 1.29 is 0 Å². The molecule has 0 amide bonds. The van der Waals surface area contributed by atoms with E-state index in [0.717, 1.165) is 25.3 Å². The smallest absolute Gasteiger partial charge is 0.0641 e. The third kappa shape index (κ3) is 3.20. The van der Waals surface area contributed by atoms with Crippen LogP contribution in [0.4, 0.5) is 0 Å². The summed E-state index contributed by atoms with van der Waals surface area (Å²) in [5.74, 6) is 0.684. The molecule has 0 bridgehead atoms. The van der Waals surface area contributed by atoms with Gasteiger partial charge >= 0.3 is 0 Å². The predicted molar refractivity (Wildman–Crippen MR) is 68.4 cm³/mol. The molecule has 1 aromatic rings. The van der Waals surface area contributed by atoms with Crippen molar-refractivity contribution in [2.24, 2.45) is 5.92 Å². The first kappa shape index (κ1) is 13.0. The van der Waals surface area contributed by atoms with E-state index in [4.69, 9.17) is 0 Å². The molecule has 1 rings (SSSR count). The molecule has 0 spiro atoms. The fraction of sp³-hybridized carbons (Fsp3) is 0.615. The van der Waals surface area contributed by atoms with Gasteiger partial charge in [0, 0.05) is 17.8 Å².